The molecule has 0 fully saturated rings. The van der Waals surface area contributed by atoms with Crippen molar-refractivity contribution in [1.82, 2.24) is 5.32 Å². The first kappa shape index (κ1) is 24.0. The van der Waals surface area contributed by atoms with Crippen molar-refractivity contribution in [1.29, 1.82) is 0 Å². The smallest absolute Gasteiger partial charge is 0.319 e. The molecule has 0 saturated heterocycles. The third-order valence-electron chi connectivity index (χ3n) is 4.81. The molecule has 0 bridgehead atoms. The molecule has 0 spiro atoms. The van der Waals surface area contributed by atoms with Crippen LogP contribution in [0.1, 0.15) is 33.6 Å². The van der Waals surface area contributed by atoms with Gasteiger partial charge < -0.3 is 30.2 Å². The molecule has 1 atom stereocenters. The predicted octanol–water partition coefficient (Wildman–Crippen LogP) is 4.77. The normalized spacial score (nSPS) is 11.5. The summed E-state index contributed by atoms with van der Waals surface area (Å²) in [6.07, 6.45) is 1.20. The molecule has 0 aliphatic carbocycles. The minimum atomic E-state index is -0.538. The number of methoxy groups -OCH3 is 2. The first-order valence-corrected chi connectivity index (χ1v) is 10.3. The van der Waals surface area contributed by atoms with Gasteiger partial charge in [0.2, 0.25) is 0 Å². The summed E-state index contributed by atoms with van der Waals surface area (Å²) in [5.74, 6) is 1.32. The molecule has 0 aliphatic heterocycles. The van der Waals surface area contributed by atoms with Gasteiger partial charge in [0.25, 0.3) is 5.91 Å². The maximum absolute atomic E-state index is 12.2. The van der Waals surface area contributed by atoms with E-state index in [0.29, 0.717) is 28.6 Å². The van der Waals surface area contributed by atoms with E-state index in [0.717, 1.165) is 12.8 Å². The van der Waals surface area contributed by atoms with Gasteiger partial charge in [-0.25, -0.2) is 4.79 Å². The van der Waals surface area contributed by atoms with Crippen molar-refractivity contribution < 1.29 is 23.8 Å². The van der Waals surface area contributed by atoms with Crippen LogP contribution in [-0.2, 0) is 9.53 Å². The van der Waals surface area contributed by atoms with Crippen LogP contribution in [0.4, 0.5) is 16.2 Å². The predicted molar refractivity (Wildman–Crippen MR) is 121 cm³/mol. The number of urea groups is 1. The molecule has 0 radical (unpaired) electrons. The molecule has 8 heteroatoms. The summed E-state index contributed by atoms with van der Waals surface area (Å²) in [4.78, 5) is 24.0. The third-order valence-corrected chi connectivity index (χ3v) is 4.81. The van der Waals surface area contributed by atoms with Crippen molar-refractivity contribution in [3.8, 4) is 17.2 Å². The molecule has 1 unspecified atom stereocenters. The van der Waals surface area contributed by atoms with Crippen molar-refractivity contribution in [3.63, 3.8) is 0 Å². The van der Waals surface area contributed by atoms with Gasteiger partial charge in [0.05, 0.1) is 7.11 Å². The summed E-state index contributed by atoms with van der Waals surface area (Å²) in [5.41, 5.74) is 1.23. The molecular formula is C23H31N3O5. The number of hydrogen-bond acceptors (Lipinski definition) is 5. The molecule has 0 saturated carbocycles. The number of hydrogen-bond donors (Lipinski definition) is 3. The van der Waals surface area contributed by atoms with Crippen molar-refractivity contribution >= 4 is 23.3 Å². The Hall–Kier alpha value is -3.26. The average Bonchev–Trinajstić information content (AvgIpc) is 2.78. The molecule has 2 aromatic rings. The molecule has 31 heavy (non-hydrogen) atoms. The van der Waals surface area contributed by atoms with E-state index in [1.165, 1.54) is 14.2 Å². The SMILES string of the molecule is CCC(CC)NC(=O)Nc1ccc(Oc2ccc(NC(=O)C(C)OC)cc2)c(OC)c1. The van der Waals surface area contributed by atoms with E-state index in [4.69, 9.17) is 14.2 Å². The Kier molecular flexibility index (Phi) is 9.14. The molecule has 3 amide bonds. The molecule has 0 aliphatic rings. The molecule has 3 N–H and O–H groups in total. The van der Waals surface area contributed by atoms with E-state index >= 15 is 0 Å². The number of rotatable bonds is 10. The van der Waals surface area contributed by atoms with Gasteiger partial charge in [-0.1, -0.05) is 13.8 Å². The van der Waals surface area contributed by atoms with Gasteiger partial charge in [-0.15, -0.1) is 0 Å². The fraction of sp³-hybridized carbons (Fsp3) is 0.391. The highest BCUT2D eigenvalue weighted by Gasteiger charge is 2.13. The standard InChI is InChI=1S/C23H31N3O5/c1-6-16(7-2)25-23(28)26-18-10-13-20(21(14-18)30-5)31-19-11-8-17(9-12-19)24-22(27)15(3)29-4/h8-16H,6-7H2,1-5H3,(H,24,27)(H2,25,26,28). The lowest BCUT2D eigenvalue weighted by molar-refractivity contribution is -0.124. The topological polar surface area (TPSA) is 97.9 Å². The van der Waals surface area contributed by atoms with Gasteiger partial charge in [0.15, 0.2) is 11.5 Å². The van der Waals surface area contributed by atoms with Crippen molar-refractivity contribution in [2.45, 2.75) is 45.8 Å². The van der Waals surface area contributed by atoms with E-state index in [1.807, 2.05) is 13.8 Å². The summed E-state index contributed by atoms with van der Waals surface area (Å²) >= 11 is 0. The van der Waals surface area contributed by atoms with Crippen LogP contribution in [0, 0.1) is 0 Å². The maximum Gasteiger partial charge on any atom is 0.319 e. The second-order valence-electron chi connectivity index (χ2n) is 6.97. The number of nitrogens with one attached hydrogen (secondary N) is 3. The lowest BCUT2D eigenvalue weighted by Crippen LogP contribution is -2.37. The van der Waals surface area contributed by atoms with Gasteiger partial charge in [0, 0.05) is 30.6 Å². The molecule has 2 rings (SSSR count). The van der Waals surface area contributed by atoms with Gasteiger partial charge in [0.1, 0.15) is 11.9 Å². The van der Waals surface area contributed by atoms with E-state index < -0.39 is 6.10 Å². The van der Waals surface area contributed by atoms with E-state index in [1.54, 1.807) is 49.4 Å². The molecular weight excluding hydrogens is 398 g/mol. The highest BCUT2D eigenvalue weighted by atomic mass is 16.5. The Bertz CT molecular complexity index is 866. The Morgan fingerprint density at radius 3 is 2.13 bits per heavy atom. The number of ether oxygens (including phenoxy) is 3. The zero-order valence-electron chi connectivity index (χ0n) is 18.7. The summed E-state index contributed by atoms with van der Waals surface area (Å²) in [7, 11) is 3.01. The Morgan fingerprint density at radius 1 is 0.903 bits per heavy atom. The van der Waals surface area contributed by atoms with Crippen molar-refractivity contribution in [3.05, 3.63) is 42.5 Å². The monoisotopic (exact) mass is 429 g/mol. The lowest BCUT2D eigenvalue weighted by Gasteiger charge is -2.16. The van der Waals surface area contributed by atoms with Gasteiger partial charge in [-0.2, -0.15) is 0 Å². The second kappa shape index (κ2) is 11.8. The van der Waals surface area contributed by atoms with Crippen LogP contribution in [0.15, 0.2) is 42.5 Å². The molecule has 8 nitrogen and oxygen atoms in total. The maximum atomic E-state index is 12.2. The van der Waals surface area contributed by atoms with Crippen LogP contribution in [0.25, 0.3) is 0 Å². The molecule has 0 aromatic heterocycles. The van der Waals surface area contributed by atoms with Gasteiger partial charge in [-0.3, -0.25) is 4.79 Å². The Morgan fingerprint density at radius 2 is 1.55 bits per heavy atom. The van der Waals surface area contributed by atoms with Crippen LogP contribution < -0.4 is 25.4 Å². The number of carbonyl (C=O) groups excluding carboxylic acids is 2. The molecule has 2 aromatic carbocycles. The summed E-state index contributed by atoms with van der Waals surface area (Å²) in [5, 5.41) is 8.50. The van der Waals surface area contributed by atoms with Crippen LogP contribution >= 0.6 is 0 Å². The van der Waals surface area contributed by atoms with Gasteiger partial charge >= 0.3 is 6.03 Å². The average molecular weight is 430 g/mol. The minimum Gasteiger partial charge on any atom is -0.493 e. The van der Waals surface area contributed by atoms with Crippen LogP contribution in [-0.4, -0.2) is 38.3 Å². The fourth-order valence-corrected chi connectivity index (χ4v) is 2.76. The minimum absolute atomic E-state index is 0.134. The van der Waals surface area contributed by atoms with Crippen LogP contribution in [0.3, 0.4) is 0 Å². The third kappa shape index (κ3) is 7.18. The van der Waals surface area contributed by atoms with Gasteiger partial charge in [-0.05, 0) is 56.2 Å². The highest BCUT2D eigenvalue weighted by molar-refractivity contribution is 5.94. The summed E-state index contributed by atoms with van der Waals surface area (Å²) < 4.78 is 16.3. The quantitative estimate of drug-likeness (QED) is 0.505. The van der Waals surface area contributed by atoms with Crippen molar-refractivity contribution in [2.24, 2.45) is 0 Å². The van der Waals surface area contributed by atoms with Crippen molar-refractivity contribution in [2.75, 3.05) is 24.9 Å². The number of carbonyl (C=O) groups is 2. The molecule has 168 valence electrons. The largest absolute Gasteiger partial charge is 0.493 e. The first-order chi connectivity index (χ1) is 14.9. The summed E-state index contributed by atoms with van der Waals surface area (Å²) in [6, 6.07) is 12.0. The number of benzene rings is 2. The Balaban J connectivity index is 2.03. The van der Waals surface area contributed by atoms with E-state index in [2.05, 4.69) is 16.0 Å². The second-order valence-corrected chi connectivity index (χ2v) is 6.97. The lowest BCUT2D eigenvalue weighted by atomic mass is 10.2. The zero-order valence-corrected chi connectivity index (χ0v) is 18.7. The Labute approximate surface area is 183 Å². The zero-order chi connectivity index (χ0) is 22.8. The first-order valence-electron chi connectivity index (χ1n) is 10.3. The highest BCUT2D eigenvalue weighted by Crippen LogP contribution is 2.34. The van der Waals surface area contributed by atoms with E-state index in [9.17, 15) is 9.59 Å². The number of amides is 3. The van der Waals surface area contributed by atoms with E-state index in [-0.39, 0.29) is 18.0 Å². The number of anilines is 2. The van der Waals surface area contributed by atoms with Crippen LogP contribution in [0.5, 0.6) is 17.2 Å². The fourth-order valence-electron chi connectivity index (χ4n) is 2.76. The molecule has 0 heterocycles. The van der Waals surface area contributed by atoms with Crippen LogP contribution in [0.2, 0.25) is 0 Å². The summed E-state index contributed by atoms with van der Waals surface area (Å²) in [6.45, 7) is 5.74.